The van der Waals surface area contributed by atoms with Crippen LogP contribution in [0.1, 0.15) is 36.8 Å². The van der Waals surface area contributed by atoms with Gasteiger partial charge in [0.05, 0.1) is 18.1 Å². The molecule has 0 saturated heterocycles. The summed E-state index contributed by atoms with van der Waals surface area (Å²) in [5, 5.41) is 3.37. The van der Waals surface area contributed by atoms with Gasteiger partial charge < -0.3 is 14.6 Å². The van der Waals surface area contributed by atoms with Crippen molar-refractivity contribution in [1.82, 2.24) is 14.9 Å². The van der Waals surface area contributed by atoms with Crippen LogP contribution in [0.2, 0.25) is 0 Å². The normalized spacial score (nSPS) is 12.7. The highest BCUT2D eigenvalue weighted by Gasteiger charge is 2.12. The molecule has 21 heavy (non-hydrogen) atoms. The van der Waals surface area contributed by atoms with E-state index in [0.29, 0.717) is 0 Å². The molecule has 0 aliphatic carbocycles. The lowest BCUT2D eigenvalue weighted by Gasteiger charge is -2.19. The molecular formula is C17H25N3O. The van der Waals surface area contributed by atoms with E-state index in [9.17, 15) is 0 Å². The van der Waals surface area contributed by atoms with Gasteiger partial charge >= 0.3 is 0 Å². The first kappa shape index (κ1) is 15.6. The van der Waals surface area contributed by atoms with Crippen molar-refractivity contribution < 1.29 is 4.74 Å². The molecule has 4 heteroatoms. The molecule has 2 rings (SSSR count). The van der Waals surface area contributed by atoms with Crippen molar-refractivity contribution >= 4 is 0 Å². The van der Waals surface area contributed by atoms with Crippen molar-refractivity contribution in [3.8, 4) is 5.75 Å². The SMILES string of the molecule is CNC(Cn1cnc(C)c1C)c1ccc(OC(C)C)cc1. The Hall–Kier alpha value is -1.81. The van der Waals surface area contributed by atoms with E-state index >= 15 is 0 Å². The maximum atomic E-state index is 5.69. The van der Waals surface area contributed by atoms with Crippen LogP contribution in [0.25, 0.3) is 0 Å². The Balaban J connectivity index is 2.12. The second-order valence-corrected chi connectivity index (χ2v) is 5.64. The summed E-state index contributed by atoms with van der Waals surface area (Å²) >= 11 is 0. The zero-order valence-electron chi connectivity index (χ0n) is 13.6. The lowest BCUT2D eigenvalue weighted by molar-refractivity contribution is 0.242. The molecule has 1 N–H and O–H groups in total. The molecule has 2 aromatic rings. The maximum Gasteiger partial charge on any atom is 0.119 e. The van der Waals surface area contributed by atoms with Crippen LogP contribution in [0.15, 0.2) is 30.6 Å². The number of likely N-dealkylation sites (N-methyl/N-ethyl adjacent to an activating group) is 1. The van der Waals surface area contributed by atoms with Crippen molar-refractivity contribution in [2.45, 2.75) is 46.4 Å². The van der Waals surface area contributed by atoms with Crippen molar-refractivity contribution in [2.24, 2.45) is 0 Å². The van der Waals surface area contributed by atoms with Gasteiger partial charge in [0.1, 0.15) is 5.75 Å². The summed E-state index contributed by atoms with van der Waals surface area (Å²) in [7, 11) is 1.99. The summed E-state index contributed by atoms with van der Waals surface area (Å²) in [6, 6.07) is 8.57. The first-order valence-corrected chi connectivity index (χ1v) is 7.43. The fraction of sp³-hybridized carbons (Fsp3) is 0.471. The summed E-state index contributed by atoms with van der Waals surface area (Å²) in [4.78, 5) is 4.36. The molecule has 0 fully saturated rings. The minimum Gasteiger partial charge on any atom is -0.491 e. The predicted octanol–water partition coefficient (Wildman–Crippen LogP) is 3.25. The number of rotatable bonds is 6. The summed E-state index contributed by atoms with van der Waals surface area (Å²) in [5.41, 5.74) is 3.56. The van der Waals surface area contributed by atoms with E-state index in [4.69, 9.17) is 4.74 Å². The van der Waals surface area contributed by atoms with Crippen LogP contribution in [0, 0.1) is 13.8 Å². The highest BCUT2D eigenvalue weighted by atomic mass is 16.5. The zero-order chi connectivity index (χ0) is 15.4. The van der Waals surface area contributed by atoms with E-state index in [2.05, 4.69) is 33.9 Å². The molecule has 4 nitrogen and oxygen atoms in total. The van der Waals surface area contributed by atoms with Gasteiger partial charge in [-0.25, -0.2) is 4.98 Å². The topological polar surface area (TPSA) is 39.1 Å². The third-order valence-electron chi connectivity index (χ3n) is 3.73. The fourth-order valence-corrected chi connectivity index (χ4v) is 2.34. The molecule has 1 aromatic heterocycles. The molecule has 0 spiro atoms. The van der Waals surface area contributed by atoms with Gasteiger partial charge in [-0.3, -0.25) is 0 Å². The number of hydrogen-bond acceptors (Lipinski definition) is 3. The van der Waals surface area contributed by atoms with E-state index in [1.54, 1.807) is 0 Å². The Morgan fingerprint density at radius 1 is 1.19 bits per heavy atom. The highest BCUT2D eigenvalue weighted by Crippen LogP contribution is 2.21. The number of nitrogens with zero attached hydrogens (tertiary/aromatic N) is 2. The Labute approximate surface area is 127 Å². The molecule has 1 atom stereocenters. The van der Waals surface area contributed by atoms with Crippen LogP contribution in [-0.4, -0.2) is 22.7 Å². The second kappa shape index (κ2) is 6.76. The van der Waals surface area contributed by atoms with Crippen molar-refractivity contribution in [3.05, 3.63) is 47.5 Å². The maximum absolute atomic E-state index is 5.69. The van der Waals surface area contributed by atoms with Crippen molar-refractivity contribution in [2.75, 3.05) is 7.05 Å². The van der Waals surface area contributed by atoms with Crippen LogP contribution in [0.3, 0.4) is 0 Å². The number of ether oxygens (including phenoxy) is 1. The van der Waals surface area contributed by atoms with Crippen LogP contribution in [0.5, 0.6) is 5.75 Å². The van der Waals surface area contributed by atoms with Crippen LogP contribution in [0.4, 0.5) is 0 Å². The summed E-state index contributed by atoms with van der Waals surface area (Å²) in [6.45, 7) is 9.09. The average Bonchev–Trinajstić information content (AvgIpc) is 2.77. The Bertz CT molecular complexity index is 572. The number of nitrogens with one attached hydrogen (secondary N) is 1. The Morgan fingerprint density at radius 2 is 1.86 bits per heavy atom. The quantitative estimate of drug-likeness (QED) is 0.886. The third kappa shape index (κ3) is 3.85. The molecule has 114 valence electrons. The van der Waals surface area contributed by atoms with Gasteiger partial charge in [-0.2, -0.15) is 0 Å². The largest absolute Gasteiger partial charge is 0.491 e. The lowest BCUT2D eigenvalue weighted by Crippen LogP contribution is -2.22. The van der Waals surface area contributed by atoms with Gasteiger partial charge in [-0.05, 0) is 52.4 Å². The minimum atomic E-state index is 0.201. The third-order valence-corrected chi connectivity index (χ3v) is 3.73. The zero-order valence-corrected chi connectivity index (χ0v) is 13.6. The number of aromatic nitrogens is 2. The van der Waals surface area contributed by atoms with Crippen molar-refractivity contribution in [1.29, 1.82) is 0 Å². The van der Waals surface area contributed by atoms with Gasteiger partial charge in [0.15, 0.2) is 0 Å². The molecule has 1 aromatic carbocycles. The molecule has 0 amide bonds. The number of imidazole rings is 1. The standard InChI is InChI=1S/C17H25N3O/c1-12(2)21-16-8-6-15(7-9-16)17(18-5)10-20-11-19-13(3)14(20)4/h6-9,11-12,17-18H,10H2,1-5H3. The summed E-state index contributed by atoms with van der Waals surface area (Å²) in [5.74, 6) is 0.915. The molecular weight excluding hydrogens is 262 g/mol. The second-order valence-electron chi connectivity index (χ2n) is 5.64. The van der Waals surface area contributed by atoms with Crippen LogP contribution in [-0.2, 0) is 6.54 Å². The van der Waals surface area contributed by atoms with E-state index in [1.165, 1.54) is 11.3 Å². The van der Waals surface area contributed by atoms with Gasteiger partial charge in [0.2, 0.25) is 0 Å². The molecule has 0 bridgehead atoms. The molecule has 0 aliphatic heterocycles. The summed E-state index contributed by atoms with van der Waals surface area (Å²) < 4.78 is 7.88. The monoisotopic (exact) mass is 287 g/mol. The smallest absolute Gasteiger partial charge is 0.119 e. The van der Waals surface area contributed by atoms with E-state index in [1.807, 2.05) is 46.3 Å². The van der Waals surface area contributed by atoms with Gasteiger partial charge in [-0.1, -0.05) is 12.1 Å². The number of aryl methyl sites for hydroxylation is 1. The Morgan fingerprint density at radius 3 is 2.33 bits per heavy atom. The van der Waals surface area contributed by atoms with E-state index in [0.717, 1.165) is 18.0 Å². The molecule has 0 aliphatic rings. The first-order valence-electron chi connectivity index (χ1n) is 7.43. The lowest BCUT2D eigenvalue weighted by atomic mass is 10.1. The van der Waals surface area contributed by atoms with Gasteiger partial charge in [0, 0.05) is 18.3 Å². The molecule has 1 heterocycles. The average molecular weight is 287 g/mol. The highest BCUT2D eigenvalue weighted by molar-refractivity contribution is 5.29. The predicted molar refractivity (Wildman–Crippen MR) is 85.7 cm³/mol. The van der Waals surface area contributed by atoms with Crippen LogP contribution >= 0.6 is 0 Å². The fourth-order valence-electron chi connectivity index (χ4n) is 2.34. The summed E-state index contributed by atoms with van der Waals surface area (Å²) in [6.07, 6.45) is 2.11. The Kier molecular flexibility index (Phi) is 5.02. The molecule has 1 unspecified atom stereocenters. The molecule has 0 radical (unpaired) electrons. The number of benzene rings is 1. The van der Waals surface area contributed by atoms with Gasteiger partial charge in [0.25, 0.3) is 0 Å². The number of hydrogen-bond donors (Lipinski definition) is 1. The van der Waals surface area contributed by atoms with Crippen LogP contribution < -0.4 is 10.1 Å². The minimum absolute atomic E-state index is 0.201. The first-order chi connectivity index (χ1) is 10.0. The van der Waals surface area contributed by atoms with Gasteiger partial charge in [-0.15, -0.1) is 0 Å². The van der Waals surface area contributed by atoms with Crippen molar-refractivity contribution in [3.63, 3.8) is 0 Å². The molecule has 0 saturated carbocycles. The van der Waals surface area contributed by atoms with E-state index < -0.39 is 0 Å². The van der Waals surface area contributed by atoms with E-state index in [-0.39, 0.29) is 12.1 Å².